The topological polar surface area (TPSA) is 105 Å². The summed E-state index contributed by atoms with van der Waals surface area (Å²) in [6.45, 7) is 10.1. The number of nitrogens with two attached hydrogens (primary N) is 3. The molecule has 8 N–H and O–H groups in total. The predicted octanol–water partition coefficient (Wildman–Crippen LogP) is -0.316. The zero-order valence-electron chi connectivity index (χ0n) is 14.5. The van der Waals surface area contributed by atoms with Crippen molar-refractivity contribution in [2.45, 2.75) is 38.5 Å². The molecule has 0 aromatic rings. The molecular weight excluding hydrogens is 276 g/mol. The maximum absolute atomic E-state index is 5.59. The van der Waals surface area contributed by atoms with Crippen molar-refractivity contribution >= 4 is 0 Å². The van der Waals surface area contributed by atoms with E-state index in [0.29, 0.717) is 0 Å². The molecule has 0 radical (unpaired) electrons. The van der Waals surface area contributed by atoms with Crippen LogP contribution in [-0.4, -0.2) is 70.3 Å². The number of nitrogens with zero attached hydrogens (tertiary/aromatic N) is 1. The Morgan fingerprint density at radius 2 is 0.955 bits per heavy atom. The average molecular weight is 317 g/mol. The summed E-state index contributed by atoms with van der Waals surface area (Å²) >= 11 is 0. The van der Waals surface area contributed by atoms with Gasteiger partial charge in [-0.15, -0.1) is 0 Å². The molecule has 0 aliphatic carbocycles. The zero-order valence-corrected chi connectivity index (χ0v) is 14.5. The normalized spacial score (nSPS) is 11.5. The maximum atomic E-state index is 5.59. The third-order valence-electron chi connectivity index (χ3n) is 3.70. The lowest BCUT2D eigenvalue weighted by Crippen LogP contribution is -2.30. The van der Waals surface area contributed by atoms with Gasteiger partial charge in [0.25, 0.3) is 0 Å². The molecule has 0 aliphatic rings. The summed E-state index contributed by atoms with van der Waals surface area (Å²) < 4.78 is 0. The third-order valence-corrected chi connectivity index (χ3v) is 3.70. The molecular formula is C16H40N6. The Balaban J connectivity index is 3.33. The minimum Gasteiger partial charge on any atom is -0.330 e. The van der Waals surface area contributed by atoms with Gasteiger partial charge in [-0.25, -0.2) is 0 Å². The number of rotatable bonds is 18. The van der Waals surface area contributed by atoms with E-state index in [2.05, 4.69) is 15.5 Å². The Bertz CT molecular complexity index is 195. The molecule has 0 fully saturated rings. The maximum Gasteiger partial charge on any atom is -0.000671 e. The Kier molecular flexibility index (Phi) is 18.6. The lowest BCUT2D eigenvalue weighted by atomic mass is 10.2. The van der Waals surface area contributed by atoms with Crippen LogP contribution in [0.1, 0.15) is 38.5 Å². The molecule has 0 aromatic carbocycles. The summed E-state index contributed by atoms with van der Waals surface area (Å²) in [5.41, 5.74) is 16.6. The van der Waals surface area contributed by atoms with Crippen LogP contribution in [0, 0.1) is 0 Å². The van der Waals surface area contributed by atoms with Gasteiger partial charge in [-0.05, 0) is 104 Å². The van der Waals surface area contributed by atoms with Crippen molar-refractivity contribution in [3.63, 3.8) is 0 Å². The van der Waals surface area contributed by atoms with Crippen LogP contribution in [0.5, 0.6) is 0 Å². The molecule has 0 atom stereocenters. The molecule has 0 aliphatic heterocycles. The molecule has 6 heteroatoms. The fraction of sp³-hybridized carbons (Fsp3) is 1.00. The van der Waals surface area contributed by atoms with Crippen LogP contribution in [-0.2, 0) is 0 Å². The van der Waals surface area contributed by atoms with Crippen molar-refractivity contribution in [2.24, 2.45) is 17.2 Å². The molecule has 134 valence electrons. The molecule has 0 bridgehead atoms. The summed E-state index contributed by atoms with van der Waals surface area (Å²) in [6.07, 6.45) is 6.90. The molecule has 0 saturated carbocycles. The van der Waals surface area contributed by atoms with Gasteiger partial charge in [-0.2, -0.15) is 0 Å². The van der Waals surface area contributed by atoms with E-state index < -0.39 is 0 Å². The van der Waals surface area contributed by atoms with Crippen LogP contribution in [0.25, 0.3) is 0 Å². The minimum absolute atomic E-state index is 0.777. The van der Waals surface area contributed by atoms with Gasteiger partial charge in [0.05, 0.1) is 0 Å². The second-order valence-electron chi connectivity index (χ2n) is 5.83. The van der Waals surface area contributed by atoms with E-state index in [9.17, 15) is 0 Å². The smallest absolute Gasteiger partial charge is 0.000671 e. The van der Waals surface area contributed by atoms with Gasteiger partial charge in [-0.1, -0.05) is 0 Å². The standard InChI is InChI=1S/C16H40N6/c17-7-3-11-21-13-6-12-20-10-1-2-14-22(15-4-8-18)16-5-9-19/h20-21H,1-19H2. The first kappa shape index (κ1) is 21.8. The predicted molar refractivity (Wildman–Crippen MR) is 97.0 cm³/mol. The molecule has 0 rings (SSSR count). The largest absolute Gasteiger partial charge is 0.330 e. The summed E-state index contributed by atoms with van der Waals surface area (Å²) in [5, 5.41) is 6.91. The SMILES string of the molecule is NCCCNCCCNCCCCN(CCCN)CCCN. The summed E-state index contributed by atoms with van der Waals surface area (Å²) in [4.78, 5) is 2.50. The Labute approximate surface area is 137 Å². The number of nitrogens with one attached hydrogen (secondary N) is 2. The number of hydrogen-bond acceptors (Lipinski definition) is 6. The van der Waals surface area contributed by atoms with Crippen molar-refractivity contribution in [1.29, 1.82) is 0 Å². The molecule has 0 spiro atoms. The summed E-state index contributed by atoms with van der Waals surface area (Å²) in [5.74, 6) is 0. The van der Waals surface area contributed by atoms with E-state index in [4.69, 9.17) is 17.2 Å². The van der Waals surface area contributed by atoms with Crippen molar-refractivity contribution in [2.75, 3.05) is 65.4 Å². The zero-order chi connectivity index (χ0) is 16.3. The van der Waals surface area contributed by atoms with Gasteiger partial charge >= 0.3 is 0 Å². The van der Waals surface area contributed by atoms with Crippen LogP contribution in [0.2, 0.25) is 0 Å². The van der Waals surface area contributed by atoms with Crippen LogP contribution < -0.4 is 27.8 Å². The Morgan fingerprint density at radius 1 is 0.500 bits per heavy atom. The first-order valence-electron chi connectivity index (χ1n) is 9.09. The molecule has 22 heavy (non-hydrogen) atoms. The third kappa shape index (κ3) is 16.1. The summed E-state index contributed by atoms with van der Waals surface area (Å²) in [7, 11) is 0. The second kappa shape index (κ2) is 18.8. The molecule has 0 saturated heterocycles. The monoisotopic (exact) mass is 316 g/mol. The molecule has 0 amide bonds. The fourth-order valence-corrected chi connectivity index (χ4v) is 2.37. The van der Waals surface area contributed by atoms with Gasteiger partial charge in [0.15, 0.2) is 0 Å². The van der Waals surface area contributed by atoms with Crippen molar-refractivity contribution in [3.8, 4) is 0 Å². The van der Waals surface area contributed by atoms with Gasteiger partial charge in [0.1, 0.15) is 0 Å². The molecule has 0 heterocycles. The Hall–Kier alpha value is -0.240. The van der Waals surface area contributed by atoms with Crippen LogP contribution in [0.15, 0.2) is 0 Å². The highest BCUT2D eigenvalue weighted by Gasteiger charge is 2.03. The van der Waals surface area contributed by atoms with Crippen molar-refractivity contribution in [1.82, 2.24) is 15.5 Å². The van der Waals surface area contributed by atoms with E-state index in [-0.39, 0.29) is 0 Å². The van der Waals surface area contributed by atoms with Gasteiger partial charge in [0.2, 0.25) is 0 Å². The molecule has 6 nitrogen and oxygen atoms in total. The van der Waals surface area contributed by atoms with Gasteiger partial charge in [-0.3, -0.25) is 0 Å². The van der Waals surface area contributed by atoms with Crippen molar-refractivity contribution in [3.05, 3.63) is 0 Å². The first-order chi connectivity index (χ1) is 10.8. The van der Waals surface area contributed by atoms with Crippen molar-refractivity contribution < 1.29 is 0 Å². The van der Waals surface area contributed by atoms with E-state index in [1.165, 1.54) is 25.8 Å². The molecule has 0 aromatic heterocycles. The fourth-order valence-electron chi connectivity index (χ4n) is 2.37. The number of unbranched alkanes of at least 4 members (excludes halogenated alkanes) is 1. The number of hydrogen-bond donors (Lipinski definition) is 5. The first-order valence-corrected chi connectivity index (χ1v) is 9.09. The van der Waals surface area contributed by atoms with E-state index >= 15 is 0 Å². The minimum atomic E-state index is 0.777. The Morgan fingerprint density at radius 3 is 1.50 bits per heavy atom. The highest BCUT2D eigenvalue weighted by atomic mass is 15.1. The van der Waals surface area contributed by atoms with E-state index in [0.717, 1.165) is 78.2 Å². The lowest BCUT2D eigenvalue weighted by Gasteiger charge is -2.21. The van der Waals surface area contributed by atoms with Gasteiger partial charge in [0, 0.05) is 0 Å². The van der Waals surface area contributed by atoms with Crippen LogP contribution >= 0.6 is 0 Å². The average Bonchev–Trinajstić information content (AvgIpc) is 2.54. The van der Waals surface area contributed by atoms with E-state index in [1.54, 1.807) is 0 Å². The van der Waals surface area contributed by atoms with Gasteiger partial charge < -0.3 is 32.7 Å². The highest BCUT2D eigenvalue weighted by Crippen LogP contribution is 1.98. The second-order valence-corrected chi connectivity index (χ2v) is 5.83. The quantitative estimate of drug-likeness (QED) is 0.222. The lowest BCUT2D eigenvalue weighted by molar-refractivity contribution is 0.264. The highest BCUT2D eigenvalue weighted by molar-refractivity contribution is 4.60. The van der Waals surface area contributed by atoms with Crippen LogP contribution in [0.4, 0.5) is 0 Å². The summed E-state index contributed by atoms with van der Waals surface area (Å²) in [6, 6.07) is 0. The van der Waals surface area contributed by atoms with Crippen LogP contribution in [0.3, 0.4) is 0 Å². The van der Waals surface area contributed by atoms with E-state index in [1.807, 2.05) is 0 Å². The molecule has 0 unspecified atom stereocenters.